The van der Waals surface area contributed by atoms with Crippen molar-refractivity contribution in [2.24, 2.45) is 5.10 Å². The van der Waals surface area contributed by atoms with Crippen LogP contribution in [0.15, 0.2) is 70.7 Å². The average molecular weight is 397 g/mol. The van der Waals surface area contributed by atoms with Gasteiger partial charge in [0.1, 0.15) is 5.75 Å². The molecule has 3 rings (SSSR count). The number of nitrogens with zero attached hydrogens (tertiary/aromatic N) is 1. The highest BCUT2D eigenvalue weighted by Gasteiger charge is 2.13. The number of rotatable bonds is 5. The first kappa shape index (κ1) is 19.5. The highest BCUT2D eigenvalue weighted by molar-refractivity contribution is 7.89. The summed E-state index contributed by atoms with van der Waals surface area (Å²) in [6.07, 6.45) is 0. The van der Waals surface area contributed by atoms with Crippen molar-refractivity contribution < 1.29 is 18.3 Å². The molecule has 0 spiro atoms. The molecule has 3 aromatic rings. The smallest absolute Gasteiger partial charge is 0.275 e. The summed E-state index contributed by atoms with van der Waals surface area (Å²) < 4.78 is 25.8. The number of nitrogens with one attached hydrogen (secondary N) is 2. The minimum atomic E-state index is -3.51. The Balaban J connectivity index is 1.79. The van der Waals surface area contributed by atoms with E-state index < -0.39 is 15.9 Å². The van der Waals surface area contributed by atoms with E-state index in [0.717, 1.165) is 10.8 Å². The van der Waals surface area contributed by atoms with Gasteiger partial charge in [0.05, 0.1) is 16.2 Å². The van der Waals surface area contributed by atoms with Crippen LogP contribution < -0.4 is 10.1 Å². The molecule has 0 fully saturated rings. The van der Waals surface area contributed by atoms with Crippen molar-refractivity contribution >= 4 is 32.4 Å². The maximum atomic E-state index is 12.4. The quantitative estimate of drug-likeness (QED) is 0.454. The van der Waals surface area contributed by atoms with Crippen LogP contribution in [-0.2, 0) is 10.0 Å². The minimum absolute atomic E-state index is 0.116. The third kappa shape index (κ3) is 4.03. The zero-order valence-electron chi connectivity index (χ0n) is 15.3. The molecular formula is C20H19N3O4S. The Morgan fingerprint density at radius 1 is 1.00 bits per heavy atom. The van der Waals surface area contributed by atoms with Crippen molar-refractivity contribution in [3.63, 3.8) is 0 Å². The van der Waals surface area contributed by atoms with E-state index in [2.05, 4.69) is 15.2 Å². The van der Waals surface area contributed by atoms with E-state index in [1.54, 1.807) is 25.1 Å². The molecule has 28 heavy (non-hydrogen) atoms. The zero-order chi connectivity index (χ0) is 20.3. The molecule has 0 radical (unpaired) electrons. The molecule has 144 valence electrons. The number of phenols is 1. The molecule has 8 heteroatoms. The predicted molar refractivity (Wildman–Crippen MR) is 108 cm³/mol. The number of phenolic OH excluding ortho intramolecular Hbond substituents is 1. The van der Waals surface area contributed by atoms with Gasteiger partial charge in [0.25, 0.3) is 5.91 Å². The topological polar surface area (TPSA) is 108 Å². The number of carbonyl (C=O) groups excluding carboxylic acids is 1. The number of amides is 1. The lowest BCUT2D eigenvalue weighted by Gasteiger charge is -2.07. The molecule has 0 aromatic heterocycles. The summed E-state index contributed by atoms with van der Waals surface area (Å²) in [7, 11) is -2.17. The average Bonchev–Trinajstić information content (AvgIpc) is 2.71. The first-order valence-electron chi connectivity index (χ1n) is 8.42. The Bertz CT molecular complexity index is 1170. The van der Waals surface area contributed by atoms with Crippen LogP contribution in [0.4, 0.5) is 0 Å². The van der Waals surface area contributed by atoms with Crippen molar-refractivity contribution in [2.45, 2.75) is 11.8 Å². The summed E-state index contributed by atoms with van der Waals surface area (Å²) in [5.74, 6) is -0.678. The first-order valence-corrected chi connectivity index (χ1v) is 9.90. The highest BCUT2D eigenvalue weighted by atomic mass is 32.2. The van der Waals surface area contributed by atoms with E-state index in [-0.39, 0.29) is 16.2 Å². The van der Waals surface area contributed by atoms with Crippen molar-refractivity contribution in [1.82, 2.24) is 10.1 Å². The molecule has 0 aliphatic heterocycles. The summed E-state index contributed by atoms with van der Waals surface area (Å²) in [4.78, 5) is 12.5. The van der Waals surface area contributed by atoms with Crippen LogP contribution in [0.2, 0.25) is 0 Å². The minimum Gasteiger partial charge on any atom is -0.507 e. The molecule has 0 aliphatic carbocycles. The second-order valence-corrected chi connectivity index (χ2v) is 7.97. The van der Waals surface area contributed by atoms with E-state index >= 15 is 0 Å². The zero-order valence-corrected chi connectivity index (χ0v) is 16.1. The third-order valence-corrected chi connectivity index (χ3v) is 5.72. The van der Waals surface area contributed by atoms with Gasteiger partial charge in [-0.25, -0.2) is 18.6 Å². The van der Waals surface area contributed by atoms with E-state index in [1.165, 1.54) is 25.2 Å². The largest absolute Gasteiger partial charge is 0.507 e. The fraction of sp³-hybridized carbons (Fsp3) is 0.100. The van der Waals surface area contributed by atoms with Crippen LogP contribution in [0.1, 0.15) is 22.8 Å². The lowest BCUT2D eigenvalue weighted by atomic mass is 10.1. The molecular weight excluding hydrogens is 378 g/mol. The monoisotopic (exact) mass is 397 g/mol. The number of fused-ring (bicyclic) bond motifs is 1. The Morgan fingerprint density at radius 3 is 2.21 bits per heavy atom. The van der Waals surface area contributed by atoms with E-state index in [0.29, 0.717) is 11.3 Å². The Hall–Kier alpha value is -3.23. The predicted octanol–water partition coefficient (Wildman–Crippen LogP) is 2.61. The van der Waals surface area contributed by atoms with E-state index in [9.17, 15) is 18.3 Å². The van der Waals surface area contributed by atoms with Crippen LogP contribution in [0.5, 0.6) is 5.75 Å². The second kappa shape index (κ2) is 7.79. The van der Waals surface area contributed by atoms with Gasteiger partial charge in [0.15, 0.2) is 0 Å². The first-order chi connectivity index (χ1) is 13.3. The van der Waals surface area contributed by atoms with Gasteiger partial charge in [0, 0.05) is 0 Å². The van der Waals surface area contributed by atoms with Gasteiger partial charge in [-0.3, -0.25) is 4.79 Å². The SMILES string of the molecule is CNS(=O)(=O)c1ccc(/C(C)=N\NC(=O)c2cc3ccccc3cc2O)cc1. The Kier molecular flexibility index (Phi) is 5.43. The maximum absolute atomic E-state index is 12.4. The van der Waals surface area contributed by atoms with Crippen molar-refractivity contribution in [3.05, 3.63) is 71.8 Å². The molecule has 0 bridgehead atoms. The number of benzene rings is 3. The normalized spacial score (nSPS) is 12.1. The molecule has 3 N–H and O–H groups in total. The van der Waals surface area contributed by atoms with E-state index in [4.69, 9.17) is 0 Å². The highest BCUT2D eigenvalue weighted by Crippen LogP contribution is 2.24. The summed E-state index contributed by atoms with van der Waals surface area (Å²) in [5, 5.41) is 15.8. The fourth-order valence-electron chi connectivity index (χ4n) is 2.66. The van der Waals surface area contributed by atoms with Crippen molar-refractivity contribution in [3.8, 4) is 5.75 Å². The number of hydrogen-bond donors (Lipinski definition) is 3. The Morgan fingerprint density at radius 2 is 1.61 bits per heavy atom. The summed E-state index contributed by atoms with van der Waals surface area (Å²) in [5.41, 5.74) is 3.67. The van der Waals surface area contributed by atoms with Gasteiger partial charge in [-0.2, -0.15) is 5.10 Å². The summed E-state index contributed by atoms with van der Waals surface area (Å²) >= 11 is 0. The molecule has 0 aliphatic rings. The van der Waals surface area contributed by atoms with E-state index in [1.807, 2.05) is 24.3 Å². The molecule has 0 atom stereocenters. The molecule has 0 heterocycles. The number of carbonyl (C=O) groups is 1. The molecule has 3 aromatic carbocycles. The fourth-order valence-corrected chi connectivity index (χ4v) is 3.39. The molecule has 0 saturated carbocycles. The van der Waals surface area contributed by atoms with Gasteiger partial charge in [-0.05, 0) is 54.6 Å². The van der Waals surface area contributed by atoms with Gasteiger partial charge < -0.3 is 5.11 Å². The molecule has 1 amide bonds. The van der Waals surface area contributed by atoms with Crippen LogP contribution >= 0.6 is 0 Å². The van der Waals surface area contributed by atoms with Crippen LogP contribution in [0, 0.1) is 0 Å². The lowest BCUT2D eigenvalue weighted by molar-refractivity contribution is 0.0952. The van der Waals surface area contributed by atoms with Crippen LogP contribution in [-0.4, -0.2) is 32.2 Å². The van der Waals surface area contributed by atoms with Crippen molar-refractivity contribution in [1.29, 1.82) is 0 Å². The molecule has 0 saturated heterocycles. The number of sulfonamides is 1. The number of hydrazone groups is 1. The maximum Gasteiger partial charge on any atom is 0.275 e. The molecule has 7 nitrogen and oxygen atoms in total. The number of hydrogen-bond acceptors (Lipinski definition) is 5. The van der Waals surface area contributed by atoms with Gasteiger partial charge in [-0.15, -0.1) is 0 Å². The summed E-state index contributed by atoms with van der Waals surface area (Å²) in [6.45, 7) is 1.68. The number of aromatic hydroxyl groups is 1. The van der Waals surface area contributed by atoms with Crippen molar-refractivity contribution in [2.75, 3.05) is 7.05 Å². The van der Waals surface area contributed by atoms with Crippen LogP contribution in [0.25, 0.3) is 10.8 Å². The van der Waals surface area contributed by atoms with Gasteiger partial charge in [0.2, 0.25) is 10.0 Å². The van der Waals surface area contributed by atoms with Gasteiger partial charge >= 0.3 is 0 Å². The van der Waals surface area contributed by atoms with Crippen LogP contribution in [0.3, 0.4) is 0 Å². The Labute approximate surface area is 162 Å². The molecule has 0 unspecified atom stereocenters. The van der Waals surface area contributed by atoms with Gasteiger partial charge in [-0.1, -0.05) is 36.4 Å². The third-order valence-electron chi connectivity index (χ3n) is 4.28. The standard InChI is InChI=1S/C20H19N3O4S/c1-13(14-7-9-17(10-8-14)28(26,27)21-2)22-23-20(25)18-11-15-5-3-4-6-16(15)12-19(18)24/h3-12,21,24H,1-2H3,(H,23,25)/b22-13-. The lowest BCUT2D eigenvalue weighted by Crippen LogP contribution is -2.20. The second-order valence-electron chi connectivity index (χ2n) is 6.09. The summed E-state index contributed by atoms with van der Waals surface area (Å²) in [6, 6.07) is 16.6.